The van der Waals surface area contributed by atoms with E-state index in [1.165, 1.54) is 19.2 Å². The van der Waals surface area contributed by atoms with Crippen molar-refractivity contribution in [3.8, 4) is 11.5 Å². The van der Waals surface area contributed by atoms with Crippen LogP contribution in [0.5, 0.6) is 11.5 Å². The first-order valence-corrected chi connectivity index (χ1v) is 9.03. The van der Waals surface area contributed by atoms with E-state index in [1.54, 1.807) is 30.5 Å². The van der Waals surface area contributed by atoms with Gasteiger partial charge in [0.25, 0.3) is 0 Å². The lowest BCUT2D eigenvalue weighted by Crippen LogP contribution is -2.31. The molecule has 0 fully saturated rings. The lowest BCUT2D eigenvalue weighted by atomic mass is 10.2. The van der Waals surface area contributed by atoms with Crippen molar-refractivity contribution in [1.82, 2.24) is 10.7 Å². The number of ether oxygens (including phenoxy) is 2. The van der Waals surface area contributed by atoms with Crippen LogP contribution in [0.3, 0.4) is 0 Å². The van der Waals surface area contributed by atoms with E-state index in [2.05, 4.69) is 15.8 Å². The third-order valence-corrected chi connectivity index (χ3v) is 4.04. The van der Waals surface area contributed by atoms with E-state index < -0.39 is 5.97 Å². The number of hydrazone groups is 1. The maximum Gasteiger partial charge on any atom is 0.345 e. The van der Waals surface area contributed by atoms with Crippen molar-refractivity contribution >= 4 is 52.7 Å². The summed E-state index contributed by atoms with van der Waals surface area (Å²) in [5.41, 5.74) is 3.62. The molecule has 0 atom stereocenters. The molecule has 2 aromatic carbocycles. The van der Waals surface area contributed by atoms with E-state index in [4.69, 9.17) is 44.9 Å². The van der Waals surface area contributed by atoms with E-state index in [9.17, 15) is 4.79 Å². The van der Waals surface area contributed by atoms with Crippen LogP contribution in [0.4, 0.5) is 0 Å². The van der Waals surface area contributed by atoms with Gasteiger partial charge in [-0.25, -0.2) is 4.79 Å². The molecular formula is C18H17Cl2N3O3S. The summed E-state index contributed by atoms with van der Waals surface area (Å²) in [7, 11) is 1.47. The molecule has 0 unspecified atom stereocenters. The van der Waals surface area contributed by atoms with E-state index >= 15 is 0 Å². The molecule has 0 spiro atoms. The van der Waals surface area contributed by atoms with Crippen LogP contribution in [-0.4, -0.2) is 31.0 Å². The molecular weight excluding hydrogens is 409 g/mol. The highest BCUT2D eigenvalue weighted by Gasteiger charge is 2.16. The van der Waals surface area contributed by atoms with Crippen LogP contribution in [0.2, 0.25) is 10.0 Å². The van der Waals surface area contributed by atoms with Gasteiger partial charge in [0, 0.05) is 11.6 Å². The van der Waals surface area contributed by atoms with Gasteiger partial charge in [0.05, 0.1) is 23.9 Å². The quantitative estimate of drug-likeness (QED) is 0.239. The summed E-state index contributed by atoms with van der Waals surface area (Å²) >= 11 is 16.9. The first-order chi connectivity index (χ1) is 12.9. The molecule has 6 nitrogen and oxygen atoms in total. The number of nitrogens with zero attached hydrogens (tertiary/aromatic N) is 1. The summed E-state index contributed by atoms with van der Waals surface area (Å²) in [6.45, 7) is 2.63. The van der Waals surface area contributed by atoms with Crippen molar-refractivity contribution in [3.63, 3.8) is 0 Å². The number of nitrogens with one attached hydrogen (secondary N) is 2. The number of methoxy groups -OCH3 is 1. The smallest absolute Gasteiger partial charge is 0.345 e. The SMILES string of the molecule is CCNC(=S)N/N=C/c1ccc(OC(=O)c2ccc(Cl)cc2Cl)c(OC)c1. The van der Waals surface area contributed by atoms with Gasteiger partial charge >= 0.3 is 5.97 Å². The first-order valence-electron chi connectivity index (χ1n) is 7.86. The number of esters is 1. The molecule has 0 bridgehead atoms. The minimum absolute atomic E-state index is 0.204. The molecule has 2 aromatic rings. The van der Waals surface area contributed by atoms with Crippen LogP contribution in [0, 0.1) is 0 Å². The molecule has 0 amide bonds. The van der Waals surface area contributed by atoms with E-state index in [0.29, 0.717) is 22.4 Å². The van der Waals surface area contributed by atoms with Crippen LogP contribution in [0.1, 0.15) is 22.8 Å². The van der Waals surface area contributed by atoms with Gasteiger partial charge < -0.3 is 14.8 Å². The number of carbonyl (C=O) groups is 1. The van der Waals surface area contributed by atoms with Crippen LogP contribution < -0.4 is 20.2 Å². The predicted molar refractivity (Wildman–Crippen MR) is 111 cm³/mol. The second kappa shape index (κ2) is 10.1. The highest BCUT2D eigenvalue weighted by Crippen LogP contribution is 2.29. The zero-order chi connectivity index (χ0) is 19.8. The maximum atomic E-state index is 12.3. The largest absolute Gasteiger partial charge is 0.493 e. The van der Waals surface area contributed by atoms with Gasteiger partial charge in [-0.2, -0.15) is 5.10 Å². The Morgan fingerprint density at radius 2 is 2.00 bits per heavy atom. The zero-order valence-electron chi connectivity index (χ0n) is 14.6. The molecule has 142 valence electrons. The average Bonchev–Trinajstić information content (AvgIpc) is 2.62. The minimum Gasteiger partial charge on any atom is -0.493 e. The fourth-order valence-electron chi connectivity index (χ4n) is 2.02. The molecule has 0 aliphatic heterocycles. The number of thiocarbonyl (C=S) groups is 1. The van der Waals surface area contributed by atoms with Gasteiger partial charge in [0.15, 0.2) is 16.6 Å². The summed E-state index contributed by atoms with van der Waals surface area (Å²) in [6, 6.07) is 9.53. The lowest BCUT2D eigenvalue weighted by molar-refractivity contribution is 0.0730. The molecule has 0 aromatic heterocycles. The Labute approximate surface area is 172 Å². The van der Waals surface area contributed by atoms with E-state index in [1.807, 2.05) is 6.92 Å². The summed E-state index contributed by atoms with van der Waals surface area (Å²) in [5.74, 6) is 0.00230. The zero-order valence-corrected chi connectivity index (χ0v) is 16.9. The van der Waals surface area contributed by atoms with Gasteiger partial charge in [0.1, 0.15) is 0 Å². The van der Waals surface area contributed by atoms with Crippen molar-refractivity contribution in [3.05, 3.63) is 57.6 Å². The Morgan fingerprint density at radius 3 is 2.67 bits per heavy atom. The van der Waals surface area contributed by atoms with Gasteiger partial charge in [0.2, 0.25) is 0 Å². The molecule has 0 heterocycles. The molecule has 2 rings (SSSR count). The lowest BCUT2D eigenvalue weighted by Gasteiger charge is -2.11. The van der Waals surface area contributed by atoms with Crippen molar-refractivity contribution in [2.45, 2.75) is 6.92 Å². The predicted octanol–water partition coefficient (Wildman–Crippen LogP) is 4.04. The number of hydrogen-bond acceptors (Lipinski definition) is 5. The topological polar surface area (TPSA) is 72.0 Å². The van der Waals surface area contributed by atoms with Gasteiger partial charge in [-0.05, 0) is 61.1 Å². The molecule has 0 saturated carbocycles. The molecule has 9 heteroatoms. The molecule has 27 heavy (non-hydrogen) atoms. The third-order valence-electron chi connectivity index (χ3n) is 3.26. The number of halogens is 2. The number of hydrogen-bond donors (Lipinski definition) is 2. The fourth-order valence-corrected chi connectivity index (χ4v) is 2.71. The number of benzene rings is 2. The summed E-state index contributed by atoms with van der Waals surface area (Å²) < 4.78 is 10.7. The fraction of sp³-hybridized carbons (Fsp3) is 0.167. The average molecular weight is 426 g/mol. The first kappa shape index (κ1) is 21.0. The Bertz CT molecular complexity index is 875. The van der Waals surface area contributed by atoms with Gasteiger partial charge in [-0.3, -0.25) is 5.43 Å². The Morgan fingerprint density at radius 1 is 1.22 bits per heavy atom. The Hall–Kier alpha value is -2.35. The second-order valence-corrected chi connectivity index (χ2v) is 6.41. The molecule has 0 aliphatic rings. The van der Waals surface area contributed by atoms with Crippen LogP contribution in [-0.2, 0) is 0 Å². The minimum atomic E-state index is -0.617. The van der Waals surface area contributed by atoms with Gasteiger partial charge in [-0.15, -0.1) is 0 Å². The highest BCUT2D eigenvalue weighted by molar-refractivity contribution is 7.80. The standard InChI is InChI=1S/C18H17Cl2N3O3S/c1-3-21-18(27)23-22-10-11-4-7-15(16(8-11)25-2)26-17(24)13-6-5-12(19)9-14(13)20/h4-10H,3H2,1-2H3,(H2,21,23,27)/b22-10+. The third kappa shape index (κ3) is 6.09. The molecule has 0 aliphatic carbocycles. The summed E-state index contributed by atoms with van der Waals surface area (Å²) in [6.07, 6.45) is 1.56. The molecule has 0 radical (unpaired) electrons. The van der Waals surface area contributed by atoms with Crippen molar-refractivity contribution in [1.29, 1.82) is 0 Å². The number of rotatable bonds is 6. The summed E-state index contributed by atoms with van der Waals surface area (Å²) in [5, 5.41) is 7.99. The summed E-state index contributed by atoms with van der Waals surface area (Å²) in [4.78, 5) is 12.3. The molecule has 2 N–H and O–H groups in total. The van der Waals surface area contributed by atoms with Crippen molar-refractivity contribution in [2.24, 2.45) is 5.10 Å². The van der Waals surface area contributed by atoms with Crippen LogP contribution in [0.15, 0.2) is 41.5 Å². The Kier molecular flexibility index (Phi) is 7.84. The Balaban J connectivity index is 2.12. The maximum absolute atomic E-state index is 12.3. The van der Waals surface area contributed by atoms with E-state index in [0.717, 1.165) is 5.56 Å². The van der Waals surface area contributed by atoms with Crippen LogP contribution >= 0.6 is 35.4 Å². The molecule has 0 saturated heterocycles. The highest BCUT2D eigenvalue weighted by atomic mass is 35.5. The van der Waals surface area contributed by atoms with Crippen LogP contribution in [0.25, 0.3) is 0 Å². The van der Waals surface area contributed by atoms with Crippen molar-refractivity contribution in [2.75, 3.05) is 13.7 Å². The number of carbonyl (C=O) groups excluding carboxylic acids is 1. The monoisotopic (exact) mass is 425 g/mol. The van der Waals surface area contributed by atoms with Crippen molar-refractivity contribution < 1.29 is 14.3 Å². The van der Waals surface area contributed by atoms with Gasteiger partial charge in [-0.1, -0.05) is 23.2 Å². The van der Waals surface area contributed by atoms with E-state index in [-0.39, 0.29) is 16.3 Å². The normalized spacial score (nSPS) is 10.5. The second-order valence-electron chi connectivity index (χ2n) is 5.15.